The van der Waals surface area contributed by atoms with Crippen molar-refractivity contribution in [3.8, 4) is 0 Å². The molecular weight excluding hydrogens is 349 g/mol. The predicted octanol–water partition coefficient (Wildman–Crippen LogP) is 4.40. The Bertz CT molecular complexity index is 780. The lowest BCUT2D eigenvalue weighted by atomic mass is 9.82. The fourth-order valence-corrected chi connectivity index (χ4v) is 4.14. The van der Waals surface area contributed by atoms with E-state index in [2.05, 4.69) is 5.32 Å². The summed E-state index contributed by atoms with van der Waals surface area (Å²) in [5.74, 6) is -2.99. The Morgan fingerprint density at radius 1 is 1.04 bits per heavy atom. The van der Waals surface area contributed by atoms with Crippen LogP contribution in [0.3, 0.4) is 0 Å². The lowest BCUT2D eigenvalue weighted by Crippen LogP contribution is -2.36. The summed E-state index contributed by atoms with van der Waals surface area (Å²) in [6.45, 7) is 3.92. The fourth-order valence-electron chi connectivity index (χ4n) is 3.84. The van der Waals surface area contributed by atoms with Gasteiger partial charge in [-0.3, -0.25) is 9.59 Å². The molecule has 24 heavy (non-hydrogen) atoms. The van der Waals surface area contributed by atoms with Crippen molar-refractivity contribution in [2.24, 2.45) is 23.7 Å². The van der Waals surface area contributed by atoms with Crippen molar-refractivity contribution in [3.63, 3.8) is 0 Å². The first-order valence-corrected chi connectivity index (χ1v) is 8.41. The minimum Gasteiger partial charge on any atom is -0.481 e. The van der Waals surface area contributed by atoms with Gasteiger partial charge in [0.15, 0.2) is 0 Å². The van der Waals surface area contributed by atoms with Crippen LogP contribution in [0.25, 0.3) is 0 Å². The SMILES string of the molecule is CC(C)=C1[C@H]2C=C[C@H]1[C@@H](C(=O)Nc1ccc(Cl)c(Cl)c1)[C@H]2C(=O)O. The van der Waals surface area contributed by atoms with E-state index in [9.17, 15) is 14.7 Å². The average Bonchev–Trinajstić information content (AvgIpc) is 3.06. The van der Waals surface area contributed by atoms with Crippen LogP contribution in [0.2, 0.25) is 10.0 Å². The van der Waals surface area contributed by atoms with Crippen molar-refractivity contribution in [2.75, 3.05) is 5.32 Å². The maximum Gasteiger partial charge on any atom is 0.308 e. The van der Waals surface area contributed by atoms with Crippen LogP contribution >= 0.6 is 23.2 Å². The third kappa shape index (κ3) is 2.74. The van der Waals surface area contributed by atoms with Crippen LogP contribution in [0.4, 0.5) is 5.69 Å². The molecule has 2 aliphatic carbocycles. The summed E-state index contributed by atoms with van der Waals surface area (Å²) >= 11 is 11.8. The van der Waals surface area contributed by atoms with E-state index in [1.165, 1.54) is 0 Å². The second-order valence-corrected chi connectivity index (χ2v) is 7.21. The highest BCUT2D eigenvalue weighted by atomic mass is 35.5. The number of allylic oxidation sites excluding steroid dienone is 4. The molecule has 1 aromatic rings. The molecule has 6 heteroatoms. The molecule has 4 atom stereocenters. The normalized spacial score (nSPS) is 27.4. The molecular formula is C18H17Cl2NO3. The van der Waals surface area contributed by atoms with Crippen molar-refractivity contribution < 1.29 is 14.7 Å². The lowest BCUT2D eigenvalue weighted by Gasteiger charge is -2.23. The monoisotopic (exact) mass is 365 g/mol. The first-order valence-electron chi connectivity index (χ1n) is 7.65. The molecule has 2 aliphatic rings. The number of halogens is 2. The number of hydrogen-bond donors (Lipinski definition) is 2. The summed E-state index contributed by atoms with van der Waals surface area (Å²) in [5, 5.41) is 13.1. The number of rotatable bonds is 3. The smallest absolute Gasteiger partial charge is 0.308 e. The van der Waals surface area contributed by atoms with Crippen LogP contribution in [-0.4, -0.2) is 17.0 Å². The highest BCUT2D eigenvalue weighted by Crippen LogP contribution is 2.53. The summed E-state index contributed by atoms with van der Waals surface area (Å²) in [6, 6.07) is 4.80. The van der Waals surface area contributed by atoms with E-state index in [0.717, 1.165) is 11.1 Å². The number of benzene rings is 1. The van der Waals surface area contributed by atoms with E-state index in [1.54, 1.807) is 18.2 Å². The maximum atomic E-state index is 12.8. The molecule has 1 fully saturated rings. The largest absolute Gasteiger partial charge is 0.481 e. The van der Waals surface area contributed by atoms with E-state index in [4.69, 9.17) is 23.2 Å². The van der Waals surface area contributed by atoms with Gasteiger partial charge in [0.1, 0.15) is 0 Å². The second-order valence-electron chi connectivity index (χ2n) is 6.40. The first kappa shape index (κ1) is 17.1. The zero-order chi connectivity index (χ0) is 17.6. The Labute approximate surface area is 150 Å². The van der Waals surface area contributed by atoms with Gasteiger partial charge in [-0.1, -0.05) is 46.5 Å². The van der Waals surface area contributed by atoms with Crippen molar-refractivity contribution >= 4 is 40.8 Å². The zero-order valence-electron chi connectivity index (χ0n) is 13.2. The number of carboxylic acids is 1. The molecule has 0 aromatic heterocycles. The number of amides is 1. The number of nitrogens with one attached hydrogen (secondary N) is 1. The van der Waals surface area contributed by atoms with E-state index < -0.39 is 17.8 Å². The van der Waals surface area contributed by atoms with Crippen LogP contribution in [0, 0.1) is 23.7 Å². The van der Waals surface area contributed by atoms with Crippen LogP contribution in [-0.2, 0) is 9.59 Å². The summed E-state index contributed by atoms with van der Waals surface area (Å²) in [4.78, 5) is 24.5. The van der Waals surface area contributed by atoms with Crippen LogP contribution in [0.15, 0.2) is 41.5 Å². The molecule has 2 N–H and O–H groups in total. The van der Waals surface area contributed by atoms with Crippen LogP contribution in [0.5, 0.6) is 0 Å². The number of carbonyl (C=O) groups excluding carboxylic acids is 1. The molecule has 1 amide bonds. The number of anilines is 1. The standard InChI is InChI=1S/C18H17Cl2NO3/c1-8(2)14-10-4-5-11(14)16(18(23)24)15(10)17(22)21-9-3-6-12(19)13(20)7-9/h3-7,10-11,15-16H,1-2H3,(H,21,22)(H,23,24)/t10-,11-,15-,16+/m1/s1. The highest BCUT2D eigenvalue weighted by molar-refractivity contribution is 6.42. The summed E-state index contributed by atoms with van der Waals surface area (Å²) in [5.41, 5.74) is 2.63. The van der Waals surface area contributed by atoms with E-state index in [1.807, 2.05) is 26.0 Å². The van der Waals surface area contributed by atoms with Crippen LogP contribution in [0.1, 0.15) is 13.8 Å². The van der Waals surface area contributed by atoms with Gasteiger partial charge in [0.2, 0.25) is 5.91 Å². The molecule has 0 radical (unpaired) electrons. The van der Waals surface area contributed by atoms with Gasteiger partial charge in [-0.25, -0.2) is 0 Å². The van der Waals surface area contributed by atoms with Crippen LogP contribution < -0.4 is 5.32 Å². The Balaban J connectivity index is 1.91. The van der Waals surface area contributed by atoms with Gasteiger partial charge in [0.05, 0.1) is 21.9 Å². The van der Waals surface area contributed by atoms with Gasteiger partial charge in [-0.05, 0) is 32.0 Å². The molecule has 0 heterocycles. The van der Waals surface area contributed by atoms with Gasteiger partial charge in [-0.2, -0.15) is 0 Å². The third-order valence-electron chi connectivity index (χ3n) is 4.76. The van der Waals surface area contributed by atoms with Crippen molar-refractivity contribution in [2.45, 2.75) is 13.8 Å². The van der Waals surface area contributed by atoms with Gasteiger partial charge < -0.3 is 10.4 Å². The Hall–Kier alpha value is -1.78. The Morgan fingerprint density at radius 3 is 2.21 bits per heavy atom. The summed E-state index contributed by atoms with van der Waals surface area (Å²) in [6.07, 6.45) is 3.86. The summed E-state index contributed by atoms with van der Waals surface area (Å²) in [7, 11) is 0. The number of carboxylic acid groups (broad SMARTS) is 1. The molecule has 1 aromatic carbocycles. The molecule has 3 rings (SSSR count). The third-order valence-corrected chi connectivity index (χ3v) is 5.50. The number of carbonyl (C=O) groups is 2. The Kier molecular flexibility index (Phi) is 4.45. The molecule has 1 saturated carbocycles. The number of aliphatic carboxylic acids is 1. The average molecular weight is 366 g/mol. The van der Waals surface area contributed by atoms with E-state index in [0.29, 0.717) is 15.7 Å². The fraction of sp³-hybridized carbons (Fsp3) is 0.333. The van der Waals surface area contributed by atoms with Gasteiger partial charge >= 0.3 is 5.97 Å². The molecule has 2 bridgehead atoms. The minimum absolute atomic E-state index is 0.163. The van der Waals surface area contributed by atoms with Crippen molar-refractivity contribution in [3.05, 3.63) is 51.5 Å². The quantitative estimate of drug-likeness (QED) is 0.780. The zero-order valence-corrected chi connectivity index (χ0v) is 14.7. The van der Waals surface area contributed by atoms with E-state index in [-0.39, 0.29) is 17.7 Å². The van der Waals surface area contributed by atoms with Crippen molar-refractivity contribution in [1.82, 2.24) is 0 Å². The Morgan fingerprint density at radius 2 is 1.67 bits per heavy atom. The second kappa shape index (κ2) is 6.26. The molecule has 4 nitrogen and oxygen atoms in total. The molecule has 0 spiro atoms. The summed E-state index contributed by atoms with van der Waals surface area (Å²) < 4.78 is 0. The topological polar surface area (TPSA) is 66.4 Å². The predicted molar refractivity (Wildman–Crippen MR) is 94.2 cm³/mol. The molecule has 0 aliphatic heterocycles. The molecule has 0 unspecified atom stereocenters. The van der Waals surface area contributed by atoms with Crippen molar-refractivity contribution in [1.29, 1.82) is 0 Å². The molecule has 126 valence electrons. The number of fused-ring (bicyclic) bond motifs is 2. The van der Waals surface area contributed by atoms with E-state index >= 15 is 0 Å². The van der Waals surface area contributed by atoms with Gasteiger partial charge in [-0.15, -0.1) is 0 Å². The van der Waals surface area contributed by atoms with Gasteiger partial charge in [0.25, 0.3) is 0 Å². The first-order chi connectivity index (χ1) is 11.3. The molecule has 0 saturated heterocycles. The van der Waals surface area contributed by atoms with Gasteiger partial charge in [0, 0.05) is 17.5 Å². The maximum absolute atomic E-state index is 12.8. The number of hydrogen-bond acceptors (Lipinski definition) is 2. The highest BCUT2D eigenvalue weighted by Gasteiger charge is 2.54. The lowest BCUT2D eigenvalue weighted by molar-refractivity contribution is -0.146. The minimum atomic E-state index is -0.945.